The quantitative estimate of drug-likeness (QED) is 0.844. The van der Waals surface area contributed by atoms with Crippen molar-refractivity contribution in [2.75, 3.05) is 0 Å². The van der Waals surface area contributed by atoms with Crippen LogP contribution in [0.25, 0.3) is 10.9 Å². The summed E-state index contributed by atoms with van der Waals surface area (Å²) in [6.45, 7) is 3.99. The molecule has 0 aliphatic rings. The Balaban J connectivity index is 2.71. The third-order valence-electron chi connectivity index (χ3n) is 2.97. The molecule has 0 saturated heterocycles. The first-order chi connectivity index (χ1) is 8.90. The van der Waals surface area contributed by atoms with Gasteiger partial charge in [0.05, 0.1) is 11.3 Å². The maximum absolute atomic E-state index is 11.3. The van der Waals surface area contributed by atoms with E-state index >= 15 is 0 Å². The number of hydrogen-bond donors (Lipinski definition) is 2. The monoisotopic (exact) mass is 281 g/mol. The zero-order valence-electron chi connectivity index (χ0n) is 10.7. The second-order valence-corrected chi connectivity index (χ2v) is 5.60. The second-order valence-electron chi connectivity index (χ2n) is 4.66. The second kappa shape index (κ2) is 5.14. The minimum Gasteiger partial charge on any atom is -0.478 e. The smallest absolute Gasteiger partial charge is 0.336 e. The van der Waals surface area contributed by atoms with Crippen molar-refractivity contribution in [2.24, 2.45) is 0 Å². The molecule has 1 atom stereocenters. The summed E-state index contributed by atoms with van der Waals surface area (Å²) in [4.78, 5) is 11.3. The lowest BCUT2D eigenvalue weighted by Crippen LogP contribution is -2.03. The third kappa shape index (κ3) is 2.69. The summed E-state index contributed by atoms with van der Waals surface area (Å²) < 4.78 is 21.8. The average Bonchev–Trinajstić information content (AvgIpc) is 2.70. The van der Waals surface area contributed by atoms with Gasteiger partial charge >= 0.3 is 5.97 Å². The summed E-state index contributed by atoms with van der Waals surface area (Å²) in [5, 5.41) is 9.89. The van der Waals surface area contributed by atoms with Gasteiger partial charge in [-0.25, -0.2) is 9.00 Å². The Morgan fingerprint density at radius 2 is 2.11 bits per heavy atom. The van der Waals surface area contributed by atoms with Crippen LogP contribution in [0.3, 0.4) is 0 Å². The molecular formula is C13H15NO4S. The topological polar surface area (TPSA) is 79.5 Å². The summed E-state index contributed by atoms with van der Waals surface area (Å²) in [7, 11) is 0. The average molecular weight is 281 g/mol. The van der Waals surface area contributed by atoms with E-state index in [1.807, 2.05) is 24.6 Å². The Morgan fingerprint density at radius 3 is 2.63 bits per heavy atom. The lowest BCUT2D eigenvalue weighted by molar-refractivity contribution is 0.0699. The van der Waals surface area contributed by atoms with Crippen LogP contribution in [0, 0.1) is 0 Å². The number of carbonyl (C=O) groups is 1. The largest absolute Gasteiger partial charge is 0.478 e. The number of aromatic carboxylic acids is 1. The van der Waals surface area contributed by atoms with Gasteiger partial charge in [0.15, 0.2) is 11.1 Å². The highest BCUT2D eigenvalue weighted by molar-refractivity contribution is 7.78. The predicted octanol–water partition coefficient (Wildman–Crippen LogP) is 2.64. The van der Waals surface area contributed by atoms with E-state index in [2.05, 4.69) is 0 Å². The first-order valence-electron chi connectivity index (χ1n) is 5.84. The number of carboxylic acid groups (broad SMARTS) is 1. The van der Waals surface area contributed by atoms with Gasteiger partial charge in [0.1, 0.15) is 0 Å². The van der Waals surface area contributed by atoms with E-state index in [-0.39, 0.29) is 17.4 Å². The van der Waals surface area contributed by atoms with Gasteiger partial charge in [0.2, 0.25) is 0 Å². The van der Waals surface area contributed by atoms with Crippen LogP contribution in [0.2, 0.25) is 0 Å². The Kier molecular flexibility index (Phi) is 3.73. The molecule has 0 saturated carbocycles. The number of benzene rings is 1. The Morgan fingerprint density at radius 1 is 1.42 bits per heavy atom. The van der Waals surface area contributed by atoms with Crippen molar-refractivity contribution in [1.29, 1.82) is 0 Å². The molecule has 1 unspecified atom stereocenters. The van der Waals surface area contributed by atoms with Crippen LogP contribution in [-0.4, -0.2) is 24.4 Å². The normalized spacial score (nSPS) is 13.1. The number of rotatable bonds is 4. The van der Waals surface area contributed by atoms with E-state index in [1.54, 1.807) is 12.1 Å². The molecule has 2 aromatic rings. The standard InChI is InChI=1S/C13H15NO4S/c1-8(2)14-4-3-10-11(13(15)16)5-9(6-12(10)14)7-19(17)18/h3-6,8H,7H2,1-2H3,(H,15,16)(H,17,18). The van der Waals surface area contributed by atoms with Crippen LogP contribution in [0.4, 0.5) is 0 Å². The minimum atomic E-state index is -1.99. The van der Waals surface area contributed by atoms with Crippen LogP contribution < -0.4 is 0 Å². The van der Waals surface area contributed by atoms with Crippen molar-refractivity contribution in [3.05, 3.63) is 35.5 Å². The first-order valence-corrected chi connectivity index (χ1v) is 7.12. The molecule has 2 rings (SSSR count). The van der Waals surface area contributed by atoms with E-state index in [0.717, 1.165) is 5.52 Å². The maximum Gasteiger partial charge on any atom is 0.336 e. The molecule has 102 valence electrons. The van der Waals surface area contributed by atoms with Crippen LogP contribution >= 0.6 is 0 Å². The minimum absolute atomic E-state index is 0.0699. The Labute approximate surface area is 113 Å². The number of nitrogens with zero attached hydrogens (tertiary/aromatic N) is 1. The van der Waals surface area contributed by atoms with E-state index in [1.165, 1.54) is 6.07 Å². The highest BCUT2D eigenvalue weighted by atomic mass is 32.2. The number of carboxylic acids is 1. The lowest BCUT2D eigenvalue weighted by atomic mass is 10.1. The molecule has 5 nitrogen and oxygen atoms in total. The molecule has 6 heteroatoms. The summed E-state index contributed by atoms with van der Waals surface area (Å²) in [5.74, 6) is -1.10. The van der Waals surface area contributed by atoms with Crippen molar-refractivity contribution < 1.29 is 18.7 Å². The van der Waals surface area contributed by atoms with Gasteiger partial charge in [0, 0.05) is 23.1 Å². The summed E-state index contributed by atoms with van der Waals surface area (Å²) in [6.07, 6.45) is 1.83. The van der Waals surface area contributed by atoms with Gasteiger partial charge in [-0.1, -0.05) is 0 Å². The molecule has 0 amide bonds. The van der Waals surface area contributed by atoms with Crippen molar-refractivity contribution in [2.45, 2.75) is 25.6 Å². The first kappa shape index (κ1) is 13.8. The summed E-state index contributed by atoms with van der Waals surface area (Å²) >= 11 is -1.99. The van der Waals surface area contributed by atoms with Crippen LogP contribution in [-0.2, 0) is 16.8 Å². The van der Waals surface area contributed by atoms with Gasteiger partial charge in [-0.3, -0.25) is 0 Å². The maximum atomic E-state index is 11.3. The van der Waals surface area contributed by atoms with Crippen LogP contribution in [0.1, 0.15) is 35.8 Å². The van der Waals surface area contributed by atoms with E-state index in [9.17, 15) is 14.1 Å². The molecule has 0 aliphatic carbocycles. The van der Waals surface area contributed by atoms with Crippen molar-refractivity contribution in [3.8, 4) is 0 Å². The van der Waals surface area contributed by atoms with E-state index < -0.39 is 17.0 Å². The molecule has 0 aliphatic heterocycles. The molecule has 1 heterocycles. The van der Waals surface area contributed by atoms with Gasteiger partial charge in [-0.05, 0) is 37.6 Å². The number of fused-ring (bicyclic) bond motifs is 1. The molecule has 1 aromatic carbocycles. The van der Waals surface area contributed by atoms with Crippen molar-refractivity contribution in [3.63, 3.8) is 0 Å². The summed E-state index contributed by atoms with van der Waals surface area (Å²) in [5.41, 5.74) is 1.49. The lowest BCUT2D eigenvalue weighted by Gasteiger charge is -2.11. The molecule has 0 fully saturated rings. The van der Waals surface area contributed by atoms with Crippen molar-refractivity contribution in [1.82, 2.24) is 4.57 Å². The fourth-order valence-corrected chi connectivity index (χ4v) is 2.63. The van der Waals surface area contributed by atoms with Gasteiger partial charge in [0.25, 0.3) is 0 Å². The van der Waals surface area contributed by atoms with Crippen LogP contribution in [0.5, 0.6) is 0 Å². The fourth-order valence-electron chi connectivity index (χ4n) is 2.17. The number of aromatic nitrogens is 1. The highest BCUT2D eigenvalue weighted by Gasteiger charge is 2.15. The Hall–Kier alpha value is -1.66. The van der Waals surface area contributed by atoms with E-state index in [4.69, 9.17) is 4.55 Å². The van der Waals surface area contributed by atoms with E-state index in [0.29, 0.717) is 10.9 Å². The zero-order chi connectivity index (χ0) is 14.2. The molecule has 0 radical (unpaired) electrons. The molecule has 0 spiro atoms. The molecule has 0 bridgehead atoms. The van der Waals surface area contributed by atoms with Gasteiger partial charge in [-0.2, -0.15) is 0 Å². The third-order valence-corrected chi connectivity index (χ3v) is 3.56. The number of hydrogen-bond acceptors (Lipinski definition) is 2. The SMILES string of the molecule is CC(C)n1ccc2c(C(=O)O)cc(CS(=O)O)cc21. The van der Waals surface area contributed by atoms with Crippen molar-refractivity contribution >= 4 is 28.0 Å². The Bertz CT molecular complexity index is 660. The fraction of sp³-hybridized carbons (Fsp3) is 0.308. The predicted molar refractivity (Wildman–Crippen MR) is 73.8 cm³/mol. The molecule has 19 heavy (non-hydrogen) atoms. The molecule has 2 N–H and O–H groups in total. The van der Waals surface area contributed by atoms with Gasteiger partial charge in [-0.15, -0.1) is 0 Å². The molecule has 1 aromatic heterocycles. The highest BCUT2D eigenvalue weighted by Crippen LogP contribution is 2.26. The van der Waals surface area contributed by atoms with Gasteiger partial charge < -0.3 is 14.2 Å². The molecular weight excluding hydrogens is 266 g/mol. The zero-order valence-corrected chi connectivity index (χ0v) is 11.5. The summed E-state index contributed by atoms with van der Waals surface area (Å²) in [6, 6.07) is 5.19. The van der Waals surface area contributed by atoms with Crippen LogP contribution in [0.15, 0.2) is 24.4 Å².